The molecule has 0 aliphatic carbocycles. The van der Waals surface area contributed by atoms with Crippen LogP contribution in [0, 0.1) is 5.82 Å². The molecular formula is C16H21F4N3O. The highest BCUT2D eigenvalue weighted by atomic mass is 19.4. The molecule has 2 amide bonds. The Hall–Kier alpha value is -1.83. The number of likely N-dealkylation sites (tertiary alicyclic amines) is 1. The van der Waals surface area contributed by atoms with E-state index in [4.69, 9.17) is 0 Å². The lowest BCUT2D eigenvalue weighted by Crippen LogP contribution is -2.50. The molecule has 1 saturated heterocycles. The first kappa shape index (κ1) is 18.5. The predicted octanol–water partition coefficient (Wildman–Crippen LogP) is 3.08. The fourth-order valence-electron chi connectivity index (χ4n) is 2.78. The third-order valence-corrected chi connectivity index (χ3v) is 4.23. The van der Waals surface area contributed by atoms with Gasteiger partial charge in [-0.25, -0.2) is 9.18 Å². The molecule has 0 spiro atoms. The zero-order valence-corrected chi connectivity index (χ0v) is 13.7. The molecule has 1 N–H and O–H groups in total. The molecule has 1 fully saturated rings. The van der Waals surface area contributed by atoms with E-state index >= 15 is 0 Å². The maximum absolute atomic E-state index is 13.9. The molecule has 24 heavy (non-hydrogen) atoms. The number of benzene rings is 1. The smallest absolute Gasteiger partial charge is 0.334 e. The zero-order chi connectivity index (χ0) is 17.9. The number of halogens is 4. The zero-order valence-electron chi connectivity index (χ0n) is 13.7. The second kappa shape index (κ2) is 7.38. The minimum Gasteiger partial charge on any atom is -0.334 e. The van der Waals surface area contributed by atoms with Crippen molar-refractivity contribution in [1.29, 1.82) is 0 Å². The number of amides is 2. The van der Waals surface area contributed by atoms with Crippen molar-refractivity contribution in [2.24, 2.45) is 0 Å². The highest BCUT2D eigenvalue weighted by molar-refractivity contribution is 5.74. The summed E-state index contributed by atoms with van der Waals surface area (Å²) in [5.74, 6) is -1.34. The molecule has 0 saturated carbocycles. The number of likely N-dealkylation sites (N-methyl/N-ethyl adjacent to an activating group) is 1. The molecule has 1 atom stereocenters. The van der Waals surface area contributed by atoms with E-state index in [0.717, 1.165) is 18.9 Å². The van der Waals surface area contributed by atoms with Crippen LogP contribution in [0.2, 0.25) is 0 Å². The van der Waals surface area contributed by atoms with Crippen LogP contribution in [0.4, 0.5) is 22.4 Å². The van der Waals surface area contributed by atoms with Gasteiger partial charge in [0, 0.05) is 31.2 Å². The van der Waals surface area contributed by atoms with E-state index in [1.54, 1.807) is 4.90 Å². The second-order valence-corrected chi connectivity index (χ2v) is 6.14. The SMILES string of the molecule is CN(C)C1CCCN(C(=O)NCc2cccc(C(F)(F)F)c2F)C1. The van der Waals surface area contributed by atoms with Gasteiger partial charge in [-0.2, -0.15) is 13.2 Å². The topological polar surface area (TPSA) is 35.6 Å². The van der Waals surface area contributed by atoms with Gasteiger partial charge in [-0.1, -0.05) is 12.1 Å². The third kappa shape index (κ3) is 4.37. The first-order chi connectivity index (χ1) is 11.2. The Bertz CT molecular complexity index is 589. The summed E-state index contributed by atoms with van der Waals surface area (Å²) in [5, 5.41) is 2.51. The van der Waals surface area contributed by atoms with E-state index < -0.39 is 23.6 Å². The lowest BCUT2D eigenvalue weighted by Gasteiger charge is -2.36. The first-order valence-corrected chi connectivity index (χ1v) is 7.74. The molecule has 1 aromatic carbocycles. The van der Waals surface area contributed by atoms with Crippen LogP contribution < -0.4 is 5.32 Å². The van der Waals surface area contributed by atoms with Gasteiger partial charge >= 0.3 is 12.2 Å². The molecule has 0 radical (unpaired) electrons. The normalized spacial score (nSPS) is 18.8. The Balaban J connectivity index is 1.99. The molecule has 8 heteroatoms. The Kier molecular flexibility index (Phi) is 5.69. The average Bonchev–Trinajstić information content (AvgIpc) is 2.52. The van der Waals surface area contributed by atoms with Gasteiger partial charge < -0.3 is 15.1 Å². The van der Waals surface area contributed by atoms with Crippen molar-refractivity contribution in [3.8, 4) is 0 Å². The number of hydrogen-bond donors (Lipinski definition) is 1. The predicted molar refractivity (Wildman–Crippen MR) is 81.9 cm³/mol. The number of nitrogens with one attached hydrogen (secondary N) is 1. The van der Waals surface area contributed by atoms with Gasteiger partial charge in [-0.3, -0.25) is 0 Å². The molecule has 134 valence electrons. The van der Waals surface area contributed by atoms with Gasteiger partial charge in [0.2, 0.25) is 0 Å². The second-order valence-electron chi connectivity index (χ2n) is 6.14. The molecule has 0 aromatic heterocycles. The Morgan fingerprint density at radius 1 is 1.38 bits per heavy atom. The number of carbonyl (C=O) groups excluding carboxylic acids is 1. The van der Waals surface area contributed by atoms with Gasteiger partial charge in [0.15, 0.2) is 0 Å². The minimum atomic E-state index is -4.75. The van der Waals surface area contributed by atoms with Crippen LogP contribution >= 0.6 is 0 Å². The number of urea groups is 1. The van der Waals surface area contributed by atoms with Crippen molar-refractivity contribution in [2.75, 3.05) is 27.2 Å². The molecule has 1 aliphatic heterocycles. The molecule has 1 aromatic rings. The van der Waals surface area contributed by atoms with Crippen molar-refractivity contribution >= 4 is 6.03 Å². The van der Waals surface area contributed by atoms with Crippen LogP contribution in [0.5, 0.6) is 0 Å². The Morgan fingerprint density at radius 2 is 2.08 bits per heavy atom. The summed E-state index contributed by atoms with van der Waals surface area (Å²) in [7, 11) is 3.87. The number of nitrogens with zero attached hydrogens (tertiary/aromatic N) is 2. The summed E-state index contributed by atoms with van der Waals surface area (Å²) in [6.07, 6.45) is -2.91. The molecule has 4 nitrogen and oxygen atoms in total. The Labute approximate surface area is 138 Å². The monoisotopic (exact) mass is 347 g/mol. The number of alkyl halides is 3. The lowest BCUT2D eigenvalue weighted by atomic mass is 10.1. The molecule has 1 aliphatic rings. The van der Waals surface area contributed by atoms with Crippen LogP contribution in [-0.4, -0.2) is 49.1 Å². The van der Waals surface area contributed by atoms with Crippen LogP contribution in [-0.2, 0) is 12.7 Å². The van der Waals surface area contributed by atoms with Crippen molar-refractivity contribution in [3.05, 3.63) is 35.1 Å². The molecular weight excluding hydrogens is 326 g/mol. The molecule has 1 heterocycles. The van der Waals surface area contributed by atoms with Crippen molar-refractivity contribution in [2.45, 2.75) is 31.6 Å². The summed E-state index contributed by atoms with van der Waals surface area (Å²) in [4.78, 5) is 15.8. The van der Waals surface area contributed by atoms with Crippen LogP contribution in [0.25, 0.3) is 0 Å². The third-order valence-electron chi connectivity index (χ3n) is 4.23. The van der Waals surface area contributed by atoms with Crippen molar-refractivity contribution < 1.29 is 22.4 Å². The quantitative estimate of drug-likeness (QED) is 0.853. The molecule has 0 bridgehead atoms. The van der Waals surface area contributed by atoms with E-state index in [0.29, 0.717) is 19.2 Å². The summed E-state index contributed by atoms with van der Waals surface area (Å²) in [5.41, 5.74) is -1.50. The number of hydrogen-bond acceptors (Lipinski definition) is 2. The van der Waals surface area contributed by atoms with Gasteiger partial charge in [0.1, 0.15) is 5.82 Å². The summed E-state index contributed by atoms with van der Waals surface area (Å²) in [6, 6.07) is 2.92. The molecule has 1 unspecified atom stereocenters. The lowest BCUT2D eigenvalue weighted by molar-refractivity contribution is -0.140. The highest BCUT2D eigenvalue weighted by Crippen LogP contribution is 2.32. The van der Waals surface area contributed by atoms with E-state index in [-0.39, 0.29) is 18.2 Å². The van der Waals surface area contributed by atoms with Gasteiger partial charge in [0.05, 0.1) is 5.56 Å². The molecule has 2 rings (SSSR count). The maximum Gasteiger partial charge on any atom is 0.419 e. The van der Waals surface area contributed by atoms with Gasteiger partial charge in [0.25, 0.3) is 0 Å². The average molecular weight is 347 g/mol. The summed E-state index contributed by atoms with van der Waals surface area (Å²) in [6.45, 7) is 0.850. The highest BCUT2D eigenvalue weighted by Gasteiger charge is 2.34. The van der Waals surface area contributed by atoms with E-state index in [1.165, 1.54) is 6.07 Å². The van der Waals surface area contributed by atoms with Crippen LogP contribution in [0.15, 0.2) is 18.2 Å². The van der Waals surface area contributed by atoms with Crippen LogP contribution in [0.3, 0.4) is 0 Å². The summed E-state index contributed by atoms with van der Waals surface area (Å²) >= 11 is 0. The van der Waals surface area contributed by atoms with E-state index in [9.17, 15) is 22.4 Å². The van der Waals surface area contributed by atoms with Gasteiger partial charge in [-0.15, -0.1) is 0 Å². The number of piperidine rings is 1. The van der Waals surface area contributed by atoms with Crippen molar-refractivity contribution in [3.63, 3.8) is 0 Å². The number of rotatable bonds is 3. The van der Waals surface area contributed by atoms with Crippen molar-refractivity contribution in [1.82, 2.24) is 15.1 Å². The Morgan fingerprint density at radius 3 is 2.71 bits per heavy atom. The van der Waals surface area contributed by atoms with Gasteiger partial charge in [-0.05, 0) is 33.0 Å². The fraction of sp³-hybridized carbons (Fsp3) is 0.562. The fourth-order valence-corrected chi connectivity index (χ4v) is 2.78. The first-order valence-electron chi connectivity index (χ1n) is 7.74. The van der Waals surface area contributed by atoms with E-state index in [1.807, 2.05) is 19.0 Å². The standard InChI is InChI=1S/C16H21F4N3O/c1-22(2)12-6-4-8-23(10-12)15(24)21-9-11-5-3-7-13(14(11)17)16(18,19)20/h3,5,7,12H,4,6,8-10H2,1-2H3,(H,21,24). The maximum atomic E-state index is 13.9. The number of carbonyl (C=O) groups is 1. The largest absolute Gasteiger partial charge is 0.419 e. The van der Waals surface area contributed by atoms with E-state index in [2.05, 4.69) is 5.32 Å². The summed E-state index contributed by atoms with van der Waals surface area (Å²) < 4.78 is 52.0. The van der Waals surface area contributed by atoms with Crippen LogP contribution in [0.1, 0.15) is 24.0 Å². The minimum absolute atomic E-state index is 0.181.